The number of hydrogen-bond acceptors (Lipinski definition) is 3. The SMILES string of the molecule is CCNC(=NCCCCn1ccnc1C)N(C)CC(=O)NC(C)(C)C. The van der Waals surface area contributed by atoms with E-state index in [4.69, 9.17) is 0 Å². The van der Waals surface area contributed by atoms with Crippen LogP contribution >= 0.6 is 0 Å². The highest BCUT2D eigenvalue weighted by atomic mass is 16.2. The van der Waals surface area contributed by atoms with Gasteiger partial charge in [0, 0.05) is 44.6 Å². The predicted molar refractivity (Wildman–Crippen MR) is 103 cm³/mol. The molecule has 0 spiro atoms. The van der Waals surface area contributed by atoms with Gasteiger partial charge in [0.05, 0.1) is 6.54 Å². The molecule has 1 aromatic heterocycles. The van der Waals surface area contributed by atoms with Gasteiger partial charge in [0.25, 0.3) is 0 Å². The number of carbonyl (C=O) groups is 1. The third kappa shape index (κ3) is 8.56. The van der Waals surface area contributed by atoms with Crippen LogP contribution in [0.25, 0.3) is 0 Å². The van der Waals surface area contributed by atoms with E-state index < -0.39 is 0 Å². The minimum Gasteiger partial charge on any atom is -0.357 e. The fourth-order valence-electron chi connectivity index (χ4n) is 2.44. The van der Waals surface area contributed by atoms with Crippen molar-refractivity contribution in [3.8, 4) is 0 Å². The highest BCUT2D eigenvalue weighted by Gasteiger charge is 2.16. The summed E-state index contributed by atoms with van der Waals surface area (Å²) < 4.78 is 2.15. The molecule has 0 unspecified atom stereocenters. The highest BCUT2D eigenvalue weighted by molar-refractivity contribution is 5.86. The molecule has 142 valence electrons. The number of carbonyl (C=O) groups excluding carboxylic acids is 1. The molecule has 1 aromatic rings. The van der Waals surface area contributed by atoms with E-state index in [0.717, 1.165) is 44.3 Å². The summed E-state index contributed by atoms with van der Waals surface area (Å²) in [6.45, 7) is 12.7. The first-order valence-electron chi connectivity index (χ1n) is 9.01. The van der Waals surface area contributed by atoms with E-state index in [2.05, 4.69) is 25.2 Å². The van der Waals surface area contributed by atoms with Crippen LogP contribution in [-0.4, -0.2) is 58.5 Å². The van der Waals surface area contributed by atoms with Crippen molar-refractivity contribution in [2.75, 3.05) is 26.7 Å². The molecule has 0 aliphatic carbocycles. The maximum Gasteiger partial charge on any atom is 0.240 e. The fourth-order valence-corrected chi connectivity index (χ4v) is 2.44. The molecule has 7 nitrogen and oxygen atoms in total. The van der Waals surface area contributed by atoms with Crippen molar-refractivity contribution < 1.29 is 4.79 Å². The second-order valence-electron chi connectivity index (χ2n) is 7.26. The van der Waals surface area contributed by atoms with Crippen LogP contribution in [0, 0.1) is 6.92 Å². The molecular formula is C18H34N6O. The van der Waals surface area contributed by atoms with Gasteiger partial charge in [-0.2, -0.15) is 0 Å². The molecule has 2 N–H and O–H groups in total. The predicted octanol–water partition coefficient (Wildman–Crippen LogP) is 1.78. The zero-order valence-electron chi connectivity index (χ0n) is 16.6. The number of guanidine groups is 1. The topological polar surface area (TPSA) is 74.5 Å². The number of aliphatic imine (C=N–C) groups is 1. The number of likely N-dealkylation sites (N-methyl/N-ethyl adjacent to an activating group) is 1. The Morgan fingerprint density at radius 3 is 2.64 bits per heavy atom. The van der Waals surface area contributed by atoms with Gasteiger partial charge in [0.2, 0.25) is 5.91 Å². The van der Waals surface area contributed by atoms with Gasteiger partial charge >= 0.3 is 0 Å². The molecule has 0 aliphatic rings. The number of aryl methyl sites for hydroxylation is 2. The number of amides is 1. The summed E-state index contributed by atoms with van der Waals surface area (Å²) in [5.74, 6) is 1.81. The highest BCUT2D eigenvalue weighted by Crippen LogP contribution is 2.01. The molecule has 0 saturated heterocycles. The number of nitrogens with one attached hydrogen (secondary N) is 2. The lowest BCUT2D eigenvalue weighted by molar-refractivity contribution is -0.122. The Labute approximate surface area is 151 Å². The monoisotopic (exact) mass is 350 g/mol. The second kappa shape index (κ2) is 10.1. The van der Waals surface area contributed by atoms with Crippen molar-refractivity contribution in [3.05, 3.63) is 18.2 Å². The van der Waals surface area contributed by atoms with Crippen LogP contribution in [0.3, 0.4) is 0 Å². The van der Waals surface area contributed by atoms with Crippen molar-refractivity contribution in [2.24, 2.45) is 4.99 Å². The third-order valence-corrected chi connectivity index (χ3v) is 3.58. The molecular weight excluding hydrogens is 316 g/mol. The number of hydrogen-bond donors (Lipinski definition) is 2. The van der Waals surface area contributed by atoms with E-state index in [0.29, 0.717) is 0 Å². The lowest BCUT2D eigenvalue weighted by Crippen LogP contribution is -2.48. The van der Waals surface area contributed by atoms with E-state index in [1.807, 2.05) is 59.0 Å². The van der Waals surface area contributed by atoms with Crippen LogP contribution in [0.4, 0.5) is 0 Å². The van der Waals surface area contributed by atoms with Crippen molar-refractivity contribution >= 4 is 11.9 Å². The first-order valence-corrected chi connectivity index (χ1v) is 9.01. The molecule has 0 saturated carbocycles. The lowest BCUT2D eigenvalue weighted by Gasteiger charge is -2.25. The average Bonchev–Trinajstić information content (AvgIpc) is 2.89. The summed E-state index contributed by atoms with van der Waals surface area (Å²) in [6, 6.07) is 0. The Balaban J connectivity index is 2.43. The summed E-state index contributed by atoms with van der Waals surface area (Å²) in [6.07, 6.45) is 5.88. The van der Waals surface area contributed by atoms with Gasteiger partial charge in [0.15, 0.2) is 5.96 Å². The van der Waals surface area contributed by atoms with Crippen molar-refractivity contribution in [1.82, 2.24) is 25.1 Å². The summed E-state index contributed by atoms with van der Waals surface area (Å²) in [5.41, 5.74) is -0.223. The van der Waals surface area contributed by atoms with Gasteiger partial charge in [-0.15, -0.1) is 0 Å². The standard InChI is InChI=1S/C18H34N6O/c1-7-19-17(23(6)14-16(25)22-18(3,4)5)21-10-8-9-12-24-13-11-20-15(24)2/h11,13H,7-10,12,14H2,1-6H3,(H,19,21)(H,22,25). The molecule has 1 heterocycles. The molecule has 0 aliphatic heterocycles. The van der Waals surface area contributed by atoms with Crippen molar-refractivity contribution in [3.63, 3.8) is 0 Å². The zero-order valence-corrected chi connectivity index (χ0v) is 16.6. The minimum absolute atomic E-state index is 0.00353. The number of rotatable bonds is 8. The van der Waals surface area contributed by atoms with E-state index in [1.54, 1.807) is 0 Å². The van der Waals surface area contributed by atoms with E-state index >= 15 is 0 Å². The normalized spacial score (nSPS) is 12.2. The van der Waals surface area contributed by atoms with Gasteiger partial charge in [-0.05, 0) is 47.5 Å². The molecule has 0 fully saturated rings. The van der Waals surface area contributed by atoms with Crippen molar-refractivity contribution in [1.29, 1.82) is 0 Å². The minimum atomic E-state index is -0.223. The zero-order chi connectivity index (χ0) is 18.9. The van der Waals surface area contributed by atoms with Crippen LogP contribution < -0.4 is 10.6 Å². The summed E-state index contributed by atoms with van der Waals surface area (Å²) >= 11 is 0. The van der Waals surface area contributed by atoms with Gasteiger partial charge < -0.3 is 20.1 Å². The summed E-state index contributed by atoms with van der Waals surface area (Å²) in [5, 5.41) is 6.22. The second-order valence-corrected chi connectivity index (χ2v) is 7.26. The summed E-state index contributed by atoms with van der Waals surface area (Å²) in [4.78, 5) is 22.8. The van der Waals surface area contributed by atoms with Crippen LogP contribution in [0.1, 0.15) is 46.4 Å². The molecule has 1 rings (SSSR count). The third-order valence-electron chi connectivity index (χ3n) is 3.58. The Bertz CT molecular complexity index is 558. The number of aromatic nitrogens is 2. The van der Waals surface area contributed by atoms with Gasteiger partial charge in [-0.25, -0.2) is 4.98 Å². The molecule has 1 amide bonds. The Morgan fingerprint density at radius 2 is 2.08 bits per heavy atom. The van der Waals surface area contributed by atoms with Gasteiger partial charge in [-0.3, -0.25) is 9.79 Å². The van der Waals surface area contributed by atoms with Crippen molar-refractivity contribution in [2.45, 2.75) is 59.5 Å². The molecule has 0 radical (unpaired) electrons. The number of nitrogens with zero attached hydrogens (tertiary/aromatic N) is 4. The van der Waals surface area contributed by atoms with E-state index in [-0.39, 0.29) is 18.0 Å². The largest absolute Gasteiger partial charge is 0.357 e. The summed E-state index contributed by atoms with van der Waals surface area (Å²) in [7, 11) is 1.89. The quantitative estimate of drug-likeness (QED) is 0.426. The van der Waals surface area contributed by atoms with Crippen LogP contribution in [0.5, 0.6) is 0 Å². The van der Waals surface area contributed by atoms with Gasteiger partial charge in [-0.1, -0.05) is 0 Å². The van der Waals surface area contributed by atoms with Crippen LogP contribution in [-0.2, 0) is 11.3 Å². The Hall–Kier alpha value is -2.05. The van der Waals surface area contributed by atoms with Gasteiger partial charge in [0.1, 0.15) is 5.82 Å². The lowest BCUT2D eigenvalue weighted by atomic mass is 10.1. The average molecular weight is 351 g/mol. The van der Waals surface area contributed by atoms with Crippen LogP contribution in [0.15, 0.2) is 17.4 Å². The first kappa shape index (κ1) is 21.0. The molecule has 0 aromatic carbocycles. The molecule has 0 atom stereocenters. The molecule has 0 bridgehead atoms. The maximum atomic E-state index is 12.1. The maximum absolute atomic E-state index is 12.1. The van der Waals surface area contributed by atoms with Crippen LogP contribution in [0.2, 0.25) is 0 Å². The first-order chi connectivity index (χ1) is 11.7. The molecule has 7 heteroatoms. The van der Waals surface area contributed by atoms with E-state index in [1.165, 1.54) is 0 Å². The van der Waals surface area contributed by atoms with E-state index in [9.17, 15) is 4.79 Å². The number of imidazole rings is 1. The number of unbranched alkanes of at least 4 members (excludes halogenated alkanes) is 1. The Morgan fingerprint density at radius 1 is 1.36 bits per heavy atom. The Kier molecular flexibility index (Phi) is 8.45. The molecule has 25 heavy (non-hydrogen) atoms. The fraction of sp³-hybridized carbons (Fsp3) is 0.722. The smallest absolute Gasteiger partial charge is 0.240 e.